The lowest BCUT2D eigenvalue weighted by atomic mass is 10.2. The quantitative estimate of drug-likeness (QED) is 0.881. The zero-order valence-electron chi connectivity index (χ0n) is 9.90. The topological polar surface area (TPSA) is 61.6 Å². The van der Waals surface area contributed by atoms with E-state index in [0.29, 0.717) is 11.4 Å². The highest BCUT2D eigenvalue weighted by atomic mass is 32.1. The monoisotopic (exact) mass is 244 g/mol. The highest BCUT2D eigenvalue weighted by Gasteiger charge is 2.08. The molecule has 0 atom stereocenters. The van der Waals surface area contributed by atoms with E-state index in [1.54, 1.807) is 17.4 Å². The molecule has 0 aliphatic rings. The summed E-state index contributed by atoms with van der Waals surface area (Å²) in [5, 5.41) is 12.9. The third-order valence-corrected chi connectivity index (χ3v) is 3.40. The zero-order valence-corrected chi connectivity index (χ0v) is 10.7. The second-order valence-electron chi connectivity index (χ2n) is 3.75. The Hall–Kier alpha value is -1.93. The molecule has 86 valence electrons. The van der Waals surface area contributed by atoms with Gasteiger partial charge in [-0.3, -0.25) is 0 Å². The summed E-state index contributed by atoms with van der Waals surface area (Å²) in [7, 11) is 0. The summed E-state index contributed by atoms with van der Waals surface area (Å²) in [6.45, 7) is 5.88. The Kier molecular flexibility index (Phi) is 3.07. The van der Waals surface area contributed by atoms with Crippen LogP contribution in [0.1, 0.15) is 21.8 Å². The molecule has 2 aromatic heterocycles. The third kappa shape index (κ3) is 2.43. The second-order valence-corrected chi connectivity index (χ2v) is 4.95. The number of aromatic nitrogens is 2. The average molecular weight is 244 g/mol. The Balaban J connectivity index is 2.35. The lowest BCUT2D eigenvalue weighted by Gasteiger charge is -2.04. The molecule has 2 heterocycles. The number of nitrogens with zero attached hydrogens (tertiary/aromatic N) is 3. The first-order valence-electron chi connectivity index (χ1n) is 5.19. The predicted octanol–water partition coefficient (Wildman–Crippen LogP) is 3.08. The fourth-order valence-electron chi connectivity index (χ4n) is 1.37. The summed E-state index contributed by atoms with van der Waals surface area (Å²) in [5.74, 6) is 0.571. The van der Waals surface area contributed by atoms with E-state index in [9.17, 15) is 0 Å². The first-order chi connectivity index (χ1) is 8.10. The molecular weight excluding hydrogens is 232 g/mol. The van der Waals surface area contributed by atoms with Crippen molar-refractivity contribution in [3.05, 3.63) is 34.0 Å². The summed E-state index contributed by atoms with van der Waals surface area (Å²) in [6.07, 6.45) is 0. The van der Waals surface area contributed by atoms with Crippen LogP contribution in [0, 0.1) is 32.1 Å². The van der Waals surface area contributed by atoms with Gasteiger partial charge in [-0.2, -0.15) is 5.26 Å². The third-order valence-electron chi connectivity index (χ3n) is 2.41. The van der Waals surface area contributed by atoms with Crippen LogP contribution in [0.2, 0.25) is 0 Å². The van der Waals surface area contributed by atoms with Gasteiger partial charge in [-0.25, -0.2) is 9.97 Å². The van der Waals surface area contributed by atoms with Crippen molar-refractivity contribution in [2.24, 2.45) is 0 Å². The number of pyridine rings is 1. The van der Waals surface area contributed by atoms with Crippen LogP contribution in [0.4, 0.5) is 10.9 Å². The maximum atomic E-state index is 9.00. The number of thiazole rings is 1. The number of hydrogen-bond donors (Lipinski definition) is 1. The van der Waals surface area contributed by atoms with E-state index in [4.69, 9.17) is 5.26 Å². The summed E-state index contributed by atoms with van der Waals surface area (Å²) in [4.78, 5) is 9.85. The van der Waals surface area contributed by atoms with Gasteiger partial charge in [-0.15, -0.1) is 11.3 Å². The van der Waals surface area contributed by atoms with Gasteiger partial charge in [-0.05, 0) is 32.9 Å². The molecule has 0 radical (unpaired) electrons. The van der Waals surface area contributed by atoms with Crippen molar-refractivity contribution in [3.8, 4) is 6.07 Å². The first-order valence-corrected chi connectivity index (χ1v) is 6.00. The maximum absolute atomic E-state index is 9.00. The van der Waals surface area contributed by atoms with E-state index in [1.165, 1.54) is 4.88 Å². The Morgan fingerprint density at radius 3 is 2.59 bits per heavy atom. The summed E-state index contributed by atoms with van der Waals surface area (Å²) in [6, 6.07) is 5.70. The fourth-order valence-corrected chi connectivity index (χ4v) is 2.18. The highest BCUT2D eigenvalue weighted by Crippen LogP contribution is 2.25. The molecule has 0 aliphatic heterocycles. The van der Waals surface area contributed by atoms with Crippen LogP contribution in [0.25, 0.3) is 0 Å². The molecule has 4 nitrogen and oxygen atoms in total. The molecule has 0 aliphatic carbocycles. The van der Waals surface area contributed by atoms with E-state index < -0.39 is 0 Å². The summed E-state index contributed by atoms with van der Waals surface area (Å²) in [5.41, 5.74) is 2.40. The highest BCUT2D eigenvalue weighted by molar-refractivity contribution is 7.15. The van der Waals surface area contributed by atoms with Crippen molar-refractivity contribution in [2.75, 3.05) is 5.32 Å². The van der Waals surface area contributed by atoms with Gasteiger partial charge < -0.3 is 5.32 Å². The van der Waals surface area contributed by atoms with E-state index in [2.05, 4.69) is 21.4 Å². The Bertz CT molecular complexity index is 576. The molecule has 1 N–H and O–H groups in total. The minimum Gasteiger partial charge on any atom is -0.315 e. The Morgan fingerprint density at radius 1 is 1.24 bits per heavy atom. The van der Waals surface area contributed by atoms with Crippen molar-refractivity contribution < 1.29 is 0 Å². The van der Waals surface area contributed by atoms with Crippen LogP contribution in [0.5, 0.6) is 0 Å². The molecule has 17 heavy (non-hydrogen) atoms. The van der Waals surface area contributed by atoms with E-state index in [1.807, 2.05) is 26.8 Å². The van der Waals surface area contributed by atoms with Gasteiger partial charge in [0.2, 0.25) is 0 Å². The number of nitrogens with one attached hydrogen (secondary N) is 1. The molecule has 0 saturated heterocycles. The van der Waals surface area contributed by atoms with Crippen LogP contribution < -0.4 is 5.32 Å². The van der Waals surface area contributed by atoms with Crippen molar-refractivity contribution in [2.45, 2.75) is 20.8 Å². The van der Waals surface area contributed by atoms with Gasteiger partial charge in [0, 0.05) is 10.6 Å². The summed E-state index contributed by atoms with van der Waals surface area (Å²) < 4.78 is 0. The van der Waals surface area contributed by atoms with Crippen molar-refractivity contribution in [1.82, 2.24) is 9.97 Å². The first kappa shape index (κ1) is 11.6. The van der Waals surface area contributed by atoms with E-state index in [0.717, 1.165) is 16.5 Å². The molecule has 0 amide bonds. The standard InChI is InChI=1S/C12H12N4S/c1-7-4-5-10(6-13)11(14-7)16-12-15-8(2)9(3)17-12/h4-5H,1-3H3,(H,14,15,16). The Morgan fingerprint density at radius 2 is 2.00 bits per heavy atom. The second kappa shape index (κ2) is 4.52. The molecule has 0 bridgehead atoms. The number of anilines is 2. The molecule has 0 fully saturated rings. The van der Waals surface area contributed by atoms with Crippen LogP contribution >= 0.6 is 11.3 Å². The number of hydrogen-bond acceptors (Lipinski definition) is 5. The molecule has 2 aromatic rings. The molecule has 0 aromatic carbocycles. The maximum Gasteiger partial charge on any atom is 0.188 e. The lowest BCUT2D eigenvalue weighted by molar-refractivity contribution is 1.17. The van der Waals surface area contributed by atoms with Crippen molar-refractivity contribution in [3.63, 3.8) is 0 Å². The van der Waals surface area contributed by atoms with Crippen LogP contribution in [-0.4, -0.2) is 9.97 Å². The van der Waals surface area contributed by atoms with Gasteiger partial charge in [0.1, 0.15) is 11.9 Å². The Labute approximate surface area is 104 Å². The molecule has 2 rings (SSSR count). The van der Waals surface area contributed by atoms with Gasteiger partial charge in [-0.1, -0.05) is 0 Å². The molecular formula is C12H12N4S. The SMILES string of the molecule is Cc1ccc(C#N)c(Nc2nc(C)c(C)s2)n1. The van der Waals surface area contributed by atoms with Gasteiger partial charge >= 0.3 is 0 Å². The fraction of sp³-hybridized carbons (Fsp3) is 0.250. The number of rotatable bonds is 2. The van der Waals surface area contributed by atoms with Crippen molar-refractivity contribution in [1.29, 1.82) is 5.26 Å². The normalized spacial score (nSPS) is 10.0. The minimum absolute atomic E-state index is 0.529. The number of nitriles is 1. The van der Waals surface area contributed by atoms with Crippen LogP contribution in [0.3, 0.4) is 0 Å². The predicted molar refractivity (Wildman–Crippen MR) is 68.6 cm³/mol. The zero-order chi connectivity index (χ0) is 12.4. The molecule has 0 spiro atoms. The van der Waals surface area contributed by atoms with Crippen LogP contribution in [0.15, 0.2) is 12.1 Å². The van der Waals surface area contributed by atoms with E-state index in [-0.39, 0.29) is 0 Å². The van der Waals surface area contributed by atoms with Gasteiger partial charge in [0.25, 0.3) is 0 Å². The number of aryl methyl sites for hydroxylation is 3. The molecule has 5 heteroatoms. The van der Waals surface area contributed by atoms with Crippen molar-refractivity contribution >= 4 is 22.3 Å². The lowest BCUT2D eigenvalue weighted by Crippen LogP contribution is -1.97. The van der Waals surface area contributed by atoms with E-state index >= 15 is 0 Å². The smallest absolute Gasteiger partial charge is 0.188 e. The average Bonchev–Trinajstić information content (AvgIpc) is 2.58. The minimum atomic E-state index is 0.529. The van der Waals surface area contributed by atoms with Gasteiger partial charge in [0.15, 0.2) is 5.13 Å². The molecule has 0 saturated carbocycles. The molecule has 0 unspecified atom stereocenters. The summed E-state index contributed by atoms with van der Waals surface area (Å²) >= 11 is 1.56. The largest absolute Gasteiger partial charge is 0.315 e. The van der Waals surface area contributed by atoms with Crippen LogP contribution in [-0.2, 0) is 0 Å². The van der Waals surface area contributed by atoms with Gasteiger partial charge in [0.05, 0.1) is 11.3 Å².